The van der Waals surface area contributed by atoms with Gasteiger partial charge in [0.15, 0.2) is 5.82 Å². The fourth-order valence-electron chi connectivity index (χ4n) is 1.68. The van der Waals surface area contributed by atoms with Gasteiger partial charge in [-0.3, -0.25) is 0 Å². The third-order valence-corrected chi connectivity index (χ3v) is 2.64. The quantitative estimate of drug-likeness (QED) is 0.884. The maximum Gasteiger partial charge on any atom is 0.339 e. The molecule has 1 aromatic heterocycles. The van der Waals surface area contributed by atoms with Crippen molar-refractivity contribution < 1.29 is 14.3 Å². The molecule has 0 unspecified atom stereocenters. The van der Waals surface area contributed by atoms with E-state index in [9.17, 15) is 9.18 Å². The molecule has 0 amide bonds. The second kappa shape index (κ2) is 4.52. The summed E-state index contributed by atoms with van der Waals surface area (Å²) in [6.07, 6.45) is 1.27. The zero-order chi connectivity index (χ0) is 13.3. The first-order valence-corrected chi connectivity index (χ1v) is 5.32. The van der Waals surface area contributed by atoms with E-state index in [2.05, 4.69) is 9.97 Å². The van der Waals surface area contributed by atoms with Crippen molar-refractivity contribution in [3.8, 4) is 11.4 Å². The number of nitrogens with zero attached hydrogens (tertiary/aromatic N) is 2. The van der Waals surface area contributed by atoms with Crippen molar-refractivity contribution in [2.24, 2.45) is 0 Å². The van der Waals surface area contributed by atoms with E-state index in [0.717, 1.165) is 0 Å². The molecule has 0 aliphatic rings. The van der Waals surface area contributed by atoms with Gasteiger partial charge in [0.05, 0.1) is 11.3 Å². The van der Waals surface area contributed by atoms with Gasteiger partial charge in [-0.15, -0.1) is 0 Å². The maximum atomic E-state index is 13.0. The second-order valence-corrected chi connectivity index (χ2v) is 3.96. The van der Waals surface area contributed by atoms with Gasteiger partial charge in [0.1, 0.15) is 5.82 Å². The number of benzene rings is 1. The Balaban J connectivity index is 2.52. The second-order valence-electron chi connectivity index (χ2n) is 3.96. The molecule has 0 spiro atoms. The van der Waals surface area contributed by atoms with Crippen molar-refractivity contribution in [2.75, 3.05) is 0 Å². The minimum atomic E-state index is -1.06. The summed E-state index contributed by atoms with van der Waals surface area (Å²) >= 11 is 0. The lowest BCUT2D eigenvalue weighted by molar-refractivity contribution is 0.0695. The Hall–Kier alpha value is -2.30. The number of hydrogen-bond acceptors (Lipinski definition) is 3. The topological polar surface area (TPSA) is 63.1 Å². The first kappa shape index (κ1) is 12.2. The lowest BCUT2D eigenvalue weighted by Crippen LogP contribution is -2.04. The summed E-state index contributed by atoms with van der Waals surface area (Å²) in [7, 11) is 0. The van der Waals surface area contributed by atoms with E-state index < -0.39 is 5.97 Å². The molecule has 1 heterocycles. The standard InChI is InChI=1S/C13H11FN2O2/c1-7-5-9(14)3-4-10(7)12-15-6-11(13(17)18)8(2)16-12/h3-6H,1-2H3,(H,17,18). The number of rotatable bonds is 2. The van der Waals surface area contributed by atoms with E-state index in [4.69, 9.17) is 5.11 Å². The minimum absolute atomic E-state index is 0.0681. The van der Waals surface area contributed by atoms with Gasteiger partial charge in [0.25, 0.3) is 0 Å². The molecule has 1 aromatic carbocycles. The summed E-state index contributed by atoms with van der Waals surface area (Å²) in [4.78, 5) is 19.0. The Morgan fingerprint density at radius 1 is 1.33 bits per heavy atom. The first-order valence-electron chi connectivity index (χ1n) is 5.32. The molecule has 2 rings (SSSR count). The number of aryl methyl sites for hydroxylation is 2. The number of carboxylic acids is 1. The highest BCUT2D eigenvalue weighted by molar-refractivity contribution is 5.88. The molecule has 0 bridgehead atoms. The van der Waals surface area contributed by atoms with Crippen LogP contribution in [0.15, 0.2) is 24.4 Å². The molecule has 0 atom stereocenters. The molecular formula is C13H11FN2O2. The van der Waals surface area contributed by atoms with Crippen LogP contribution >= 0.6 is 0 Å². The van der Waals surface area contributed by atoms with Crippen molar-refractivity contribution >= 4 is 5.97 Å². The molecule has 92 valence electrons. The fraction of sp³-hybridized carbons (Fsp3) is 0.154. The molecule has 0 fully saturated rings. The third kappa shape index (κ3) is 2.20. The van der Waals surface area contributed by atoms with Crippen molar-refractivity contribution in [3.63, 3.8) is 0 Å². The molecule has 0 aliphatic carbocycles. The number of aromatic carboxylic acids is 1. The molecule has 0 saturated heterocycles. The molecule has 2 aromatic rings. The predicted octanol–water partition coefficient (Wildman–Crippen LogP) is 2.60. The third-order valence-electron chi connectivity index (χ3n) is 2.64. The van der Waals surface area contributed by atoms with Gasteiger partial charge < -0.3 is 5.11 Å². The summed E-state index contributed by atoms with van der Waals surface area (Å²) in [5, 5.41) is 8.89. The maximum absolute atomic E-state index is 13.0. The number of aromatic nitrogens is 2. The zero-order valence-electron chi connectivity index (χ0n) is 9.94. The molecule has 0 aliphatic heterocycles. The average molecular weight is 246 g/mol. The van der Waals surface area contributed by atoms with E-state index >= 15 is 0 Å². The number of carboxylic acid groups (broad SMARTS) is 1. The van der Waals surface area contributed by atoms with Gasteiger partial charge in [-0.05, 0) is 37.6 Å². The lowest BCUT2D eigenvalue weighted by Gasteiger charge is -2.06. The number of carbonyl (C=O) groups is 1. The summed E-state index contributed by atoms with van der Waals surface area (Å²) in [5.41, 5.74) is 1.85. The average Bonchev–Trinajstić information content (AvgIpc) is 2.28. The van der Waals surface area contributed by atoms with Gasteiger partial charge in [-0.2, -0.15) is 0 Å². The molecule has 5 heteroatoms. The van der Waals surface area contributed by atoms with Crippen LogP contribution < -0.4 is 0 Å². The van der Waals surface area contributed by atoms with Gasteiger partial charge in [-0.25, -0.2) is 19.2 Å². The molecular weight excluding hydrogens is 235 g/mol. The molecule has 1 N–H and O–H groups in total. The lowest BCUT2D eigenvalue weighted by atomic mass is 10.1. The SMILES string of the molecule is Cc1cc(F)ccc1-c1ncc(C(=O)O)c(C)n1. The van der Waals surface area contributed by atoms with Crippen LogP contribution in [-0.2, 0) is 0 Å². The molecule has 0 radical (unpaired) electrons. The van der Waals surface area contributed by atoms with Crippen LogP contribution in [0.25, 0.3) is 11.4 Å². The highest BCUT2D eigenvalue weighted by Crippen LogP contribution is 2.21. The van der Waals surface area contributed by atoms with Crippen LogP contribution in [0.1, 0.15) is 21.6 Å². The van der Waals surface area contributed by atoms with Crippen LogP contribution in [0.4, 0.5) is 4.39 Å². The minimum Gasteiger partial charge on any atom is -0.478 e. The zero-order valence-corrected chi connectivity index (χ0v) is 9.94. The van der Waals surface area contributed by atoms with Gasteiger partial charge in [0, 0.05) is 11.8 Å². The Morgan fingerprint density at radius 2 is 2.06 bits per heavy atom. The number of hydrogen-bond donors (Lipinski definition) is 1. The van der Waals surface area contributed by atoms with Gasteiger partial charge in [-0.1, -0.05) is 0 Å². The Bertz CT molecular complexity index is 626. The van der Waals surface area contributed by atoms with Crippen molar-refractivity contribution in [3.05, 3.63) is 47.0 Å². The van der Waals surface area contributed by atoms with E-state index in [1.807, 2.05) is 0 Å². The molecule has 4 nitrogen and oxygen atoms in total. The van der Waals surface area contributed by atoms with Crippen LogP contribution in [0.3, 0.4) is 0 Å². The van der Waals surface area contributed by atoms with Crippen LogP contribution in [0.5, 0.6) is 0 Å². The van der Waals surface area contributed by atoms with E-state index in [0.29, 0.717) is 22.6 Å². The highest BCUT2D eigenvalue weighted by atomic mass is 19.1. The predicted molar refractivity (Wildman–Crippen MR) is 63.9 cm³/mol. The van der Waals surface area contributed by atoms with Crippen LogP contribution in [0, 0.1) is 19.7 Å². The monoisotopic (exact) mass is 246 g/mol. The van der Waals surface area contributed by atoms with E-state index in [1.165, 1.54) is 18.3 Å². The largest absolute Gasteiger partial charge is 0.478 e. The highest BCUT2D eigenvalue weighted by Gasteiger charge is 2.12. The Morgan fingerprint density at radius 3 is 2.61 bits per heavy atom. The fourth-order valence-corrected chi connectivity index (χ4v) is 1.68. The first-order chi connectivity index (χ1) is 8.49. The summed E-state index contributed by atoms with van der Waals surface area (Å²) in [6, 6.07) is 4.30. The Kier molecular flexibility index (Phi) is 3.06. The summed E-state index contributed by atoms with van der Waals surface area (Å²) in [5.74, 6) is -0.986. The van der Waals surface area contributed by atoms with E-state index in [1.54, 1.807) is 19.9 Å². The van der Waals surface area contributed by atoms with Gasteiger partial charge >= 0.3 is 5.97 Å². The van der Waals surface area contributed by atoms with Crippen LogP contribution in [-0.4, -0.2) is 21.0 Å². The molecule has 0 saturated carbocycles. The number of halogens is 1. The van der Waals surface area contributed by atoms with Gasteiger partial charge in [0.2, 0.25) is 0 Å². The summed E-state index contributed by atoms with van der Waals surface area (Å²) < 4.78 is 13.0. The van der Waals surface area contributed by atoms with Crippen molar-refractivity contribution in [1.29, 1.82) is 0 Å². The smallest absolute Gasteiger partial charge is 0.339 e. The van der Waals surface area contributed by atoms with Crippen molar-refractivity contribution in [2.45, 2.75) is 13.8 Å². The molecule has 18 heavy (non-hydrogen) atoms. The van der Waals surface area contributed by atoms with Crippen LogP contribution in [0.2, 0.25) is 0 Å². The summed E-state index contributed by atoms with van der Waals surface area (Å²) in [6.45, 7) is 3.36. The van der Waals surface area contributed by atoms with E-state index in [-0.39, 0.29) is 11.4 Å². The van der Waals surface area contributed by atoms with Crippen molar-refractivity contribution in [1.82, 2.24) is 9.97 Å². The Labute approximate surface area is 103 Å². The normalized spacial score (nSPS) is 10.4.